The van der Waals surface area contributed by atoms with Crippen LogP contribution in [0.3, 0.4) is 0 Å². The molecular formula is C21H18F3N3O5. The van der Waals surface area contributed by atoms with Gasteiger partial charge in [-0.15, -0.1) is 0 Å². The fraction of sp³-hybridized carbons (Fsp3) is 0.238. The van der Waals surface area contributed by atoms with Gasteiger partial charge in [0.2, 0.25) is 0 Å². The number of aryl methyl sites for hydroxylation is 1. The van der Waals surface area contributed by atoms with Gasteiger partial charge in [0.05, 0.1) is 36.6 Å². The Balaban J connectivity index is 2.08. The summed E-state index contributed by atoms with van der Waals surface area (Å²) < 4.78 is 49.9. The number of carbonyl (C=O) groups is 3. The minimum absolute atomic E-state index is 0.0288. The van der Waals surface area contributed by atoms with Crippen LogP contribution in [0, 0.1) is 0 Å². The van der Waals surface area contributed by atoms with E-state index in [-0.39, 0.29) is 40.3 Å². The number of esters is 2. The second kappa shape index (κ2) is 8.69. The largest absolute Gasteiger partial charge is 0.465 e. The van der Waals surface area contributed by atoms with Gasteiger partial charge in [0, 0.05) is 11.9 Å². The summed E-state index contributed by atoms with van der Waals surface area (Å²) in [5.74, 6) is -2.29. The quantitative estimate of drug-likeness (QED) is 0.596. The Morgan fingerprint density at radius 1 is 1.03 bits per heavy atom. The molecule has 1 aromatic carbocycles. The molecule has 0 spiro atoms. The van der Waals surface area contributed by atoms with Crippen LogP contribution < -0.4 is 5.32 Å². The van der Waals surface area contributed by atoms with Crippen LogP contribution in [0.5, 0.6) is 0 Å². The highest BCUT2D eigenvalue weighted by Gasteiger charge is 2.32. The number of carbonyl (C=O) groups excluding carboxylic acids is 3. The van der Waals surface area contributed by atoms with Crippen molar-refractivity contribution < 1.29 is 37.0 Å². The van der Waals surface area contributed by atoms with Gasteiger partial charge in [0.25, 0.3) is 5.91 Å². The van der Waals surface area contributed by atoms with Crippen molar-refractivity contribution in [2.45, 2.75) is 19.5 Å². The Labute approximate surface area is 180 Å². The molecule has 3 rings (SSSR count). The van der Waals surface area contributed by atoms with Gasteiger partial charge in [-0.05, 0) is 36.8 Å². The van der Waals surface area contributed by atoms with E-state index in [9.17, 15) is 27.6 Å². The van der Waals surface area contributed by atoms with E-state index in [1.54, 1.807) is 6.92 Å². The molecule has 1 N–H and O–H groups in total. The zero-order chi connectivity index (χ0) is 23.6. The van der Waals surface area contributed by atoms with Gasteiger partial charge in [-0.3, -0.25) is 9.20 Å². The predicted molar refractivity (Wildman–Crippen MR) is 107 cm³/mol. The summed E-state index contributed by atoms with van der Waals surface area (Å²) in [4.78, 5) is 41.2. The molecular weight excluding hydrogens is 431 g/mol. The first-order valence-corrected chi connectivity index (χ1v) is 9.30. The summed E-state index contributed by atoms with van der Waals surface area (Å²) >= 11 is 0. The lowest BCUT2D eigenvalue weighted by Crippen LogP contribution is -2.18. The van der Waals surface area contributed by atoms with E-state index in [0.717, 1.165) is 30.9 Å². The monoisotopic (exact) mass is 449 g/mol. The Kier molecular flexibility index (Phi) is 6.19. The number of nitrogens with one attached hydrogen (secondary N) is 1. The molecule has 8 nitrogen and oxygen atoms in total. The van der Waals surface area contributed by atoms with Gasteiger partial charge in [-0.25, -0.2) is 14.6 Å². The minimum Gasteiger partial charge on any atom is -0.465 e. The van der Waals surface area contributed by atoms with Crippen LogP contribution in [0.2, 0.25) is 0 Å². The van der Waals surface area contributed by atoms with Gasteiger partial charge >= 0.3 is 18.1 Å². The number of methoxy groups -OCH3 is 2. The fourth-order valence-corrected chi connectivity index (χ4v) is 3.11. The molecule has 0 bridgehead atoms. The molecule has 0 saturated carbocycles. The molecule has 0 unspecified atom stereocenters. The number of hydrogen-bond acceptors (Lipinski definition) is 6. The summed E-state index contributed by atoms with van der Waals surface area (Å²) in [6, 6.07) is 5.82. The Morgan fingerprint density at radius 3 is 2.12 bits per heavy atom. The van der Waals surface area contributed by atoms with E-state index in [0.29, 0.717) is 0 Å². The zero-order valence-electron chi connectivity index (χ0n) is 17.2. The molecule has 0 aliphatic rings. The van der Waals surface area contributed by atoms with Crippen molar-refractivity contribution in [2.75, 3.05) is 19.5 Å². The minimum atomic E-state index is -4.61. The number of imidazole rings is 1. The van der Waals surface area contributed by atoms with Gasteiger partial charge in [0.1, 0.15) is 11.3 Å². The van der Waals surface area contributed by atoms with Gasteiger partial charge in [-0.2, -0.15) is 13.2 Å². The number of aromatic nitrogens is 2. The Bertz CT molecular complexity index is 1180. The molecule has 168 valence electrons. The van der Waals surface area contributed by atoms with E-state index in [4.69, 9.17) is 0 Å². The fourth-order valence-electron chi connectivity index (χ4n) is 3.11. The number of benzene rings is 1. The van der Waals surface area contributed by atoms with Crippen LogP contribution in [0.15, 0.2) is 36.5 Å². The molecule has 32 heavy (non-hydrogen) atoms. The number of hydrogen-bond donors (Lipinski definition) is 1. The predicted octanol–water partition coefficient (Wildman–Crippen LogP) is 3.74. The van der Waals surface area contributed by atoms with Gasteiger partial charge in [0.15, 0.2) is 0 Å². The van der Waals surface area contributed by atoms with Crippen LogP contribution in [0.25, 0.3) is 5.65 Å². The number of halogens is 3. The molecule has 0 aliphatic heterocycles. The van der Waals surface area contributed by atoms with Crippen LogP contribution in [0.4, 0.5) is 18.9 Å². The van der Waals surface area contributed by atoms with E-state index in [1.807, 2.05) is 0 Å². The summed E-state index contributed by atoms with van der Waals surface area (Å²) in [5.41, 5.74) is -0.616. The van der Waals surface area contributed by atoms with E-state index in [2.05, 4.69) is 19.8 Å². The van der Waals surface area contributed by atoms with Gasteiger partial charge < -0.3 is 14.8 Å². The number of fused-ring (bicyclic) bond motifs is 1. The van der Waals surface area contributed by atoms with Crippen molar-refractivity contribution in [2.24, 2.45) is 0 Å². The smallest absolute Gasteiger partial charge is 0.417 e. The van der Waals surface area contributed by atoms with Crippen molar-refractivity contribution in [1.82, 2.24) is 9.38 Å². The van der Waals surface area contributed by atoms with Crippen molar-refractivity contribution in [3.8, 4) is 0 Å². The zero-order valence-corrected chi connectivity index (χ0v) is 17.2. The molecule has 1 amide bonds. The molecule has 0 aliphatic carbocycles. The van der Waals surface area contributed by atoms with E-state index >= 15 is 0 Å². The highest BCUT2D eigenvalue weighted by molar-refractivity contribution is 6.06. The number of ether oxygens (including phenoxy) is 2. The normalized spacial score (nSPS) is 11.3. The topological polar surface area (TPSA) is 99.0 Å². The molecule has 0 radical (unpaired) electrons. The second-order valence-corrected chi connectivity index (χ2v) is 6.64. The van der Waals surface area contributed by atoms with Gasteiger partial charge in [-0.1, -0.05) is 6.92 Å². The molecule has 2 heterocycles. The van der Waals surface area contributed by atoms with Crippen molar-refractivity contribution in [1.29, 1.82) is 0 Å². The lowest BCUT2D eigenvalue weighted by Gasteiger charge is -2.11. The first-order valence-electron chi connectivity index (χ1n) is 9.30. The maximum atomic E-state index is 13.2. The number of anilines is 1. The lowest BCUT2D eigenvalue weighted by molar-refractivity contribution is -0.137. The molecule has 0 atom stereocenters. The highest BCUT2D eigenvalue weighted by atomic mass is 19.4. The molecule has 2 aromatic heterocycles. The standard InChI is InChI=1S/C21H18F3N3O5/c1-4-15-17(27-10-13(21(22,23)24)5-6-16(27)26-15)18(28)25-14-8-11(19(29)31-2)7-12(9-14)20(30)32-3/h5-10H,4H2,1-3H3,(H,25,28). The SMILES string of the molecule is CCc1nc2ccc(C(F)(F)F)cn2c1C(=O)Nc1cc(C(=O)OC)cc(C(=O)OC)c1. The summed E-state index contributed by atoms with van der Waals surface area (Å²) in [6.45, 7) is 1.70. The van der Waals surface area contributed by atoms with E-state index < -0.39 is 29.6 Å². The number of nitrogens with zero attached hydrogens (tertiary/aromatic N) is 2. The number of rotatable bonds is 5. The van der Waals surface area contributed by atoms with Crippen molar-refractivity contribution in [3.05, 3.63) is 64.6 Å². The molecule has 0 saturated heterocycles. The Morgan fingerprint density at radius 2 is 1.62 bits per heavy atom. The Hall–Kier alpha value is -3.89. The maximum Gasteiger partial charge on any atom is 0.417 e. The summed E-state index contributed by atoms with van der Waals surface area (Å²) in [7, 11) is 2.30. The molecule has 0 fully saturated rings. The van der Waals surface area contributed by atoms with Crippen LogP contribution >= 0.6 is 0 Å². The van der Waals surface area contributed by atoms with Crippen LogP contribution in [-0.4, -0.2) is 41.5 Å². The van der Waals surface area contributed by atoms with Crippen LogP contribution in [-0.2, 0) is 22.1 Å². The third-order valence-electron chi connectivity index (χ3n) is 4.60. The first kappa shape index (κ1) is 22.8. The average molecular weight is 449 g/mol. The lowest BCUT2D eigenvalue weighted by atomic mass is 10.1. The second-order valence-electron chi connectivity index (χ2n) is 6.64. The third-order valence-corrected chi connectivity index (χ3v) is 4.60. The maximum absolute atomic E-state index is 13.2. The first-order chi connectivity index (χ1) is 15.1. The van der Waals surface area contributed by atoms with Crippen LogP contribution in [0.1, 0.15) is 49.4 Å². The number of amides is 1. The van der Waals surface area contributed by atoms with E-state index in [1.165, 1.54) is 24.3 Å². The molecule has 3 aromatic rings. The summed E-state index contributed by atoms with van der Waals surface area (Å²) in [6.07, 6.45) is -3.54. The third kappa shape index (κ3) is 4.41. The van der Waals surface area contributed by atoms with Crippen molar-refractivity contribution >= 4 is 29.2 Å². The molecule has 11 heteroatoms. The summed E-state index contributed by atoms with van der Waals surface area (Å²) in [5, 5.41) is 2.51. The number of pyridine rings is 1. The van der Waals surface area contributed by atoms with Crippen molar-refractivity contribution in [3.63, 3.8) is 0 Å². The highest BCUT2D eigenvalue weighted by Crippen LogP contribution is 2.30. The average Bonchev–Trinajstić information content (AvgIpc) is 3.15. The number of alkyl halides is 3.